The van der Waals surface area contributed by atoms with Crippen LogP contribution >= 0.6 is 0 Å². The summed E-state index contributed by atoms with van der Waals surface area (Å²) >= 11 is 0. The summed E-state index contributed by atoms with van der Waals surface area (Å²) in [4.78, 5) is 21.0. The van der Waals surface area contributed by atoms with Crippen molar-refractivity contribution in [2.24, 2.45) is 0 Å². The van der Waals surface area contributed by atoms with E-state index in [9.17, 15) is 22.8 Å². The van der Waals surface area contributed by atoms with E-state index in [-0.39, 0.29) is 13.1 Å². The van der Waals surface area contributed by atoms with Crippen LogP contribution < -0.4 is 10.6 Å². The topological polar surface area (TPSA) is 58.2 Å². The Morgan fingerprint density at radius 1 is 1.22 bits per heavy atom. The molecule has 98 valence electrons. The molecule has 0 saturated carbocycles. The highest BCUT2D eigenvalue weighted by molar-refractivity contribution is 5.79. The molecular weight excluding hydrogens is 249 g/mol. The number of benzene rings is 1. The van der Waals surface area contributed by atoms with E-state index in [1.807, 2.05) is 0 Å². The first-order valence-electron chi connectivity index (χ1n) is 5.03. The van der Waals surface area contributed by atoms with Crippen LogP contribution in [0.3, 0.4) is 0 Å². The molecule has 0 heterocycles. The van der Waals surface area contributed by atoms with Gasteiger partial charge in [-0.3, -0.25) is 9.59 Å². The zero-order chi connectivity index (χ0) is 13.6. The number of rotatable bonds is 5. The number of carbonyl (C=O) groups is 2. The summed E-state index contributed by atoms with van der Waals surface area (Å²) in [7, 11) is 0. The van der Waals surface area contributed by atoms with Gasteiger partial charge in [0.1, 0.15) is 0 Å². The second kappa shape index (κ2) is 6.04. The Labute approximate surface area is 101 Å². The smallest absolute Gasteiger partial charge is 0.350 e. The molecule has 0 bridgehead atoms. The molecule has 1 rings (SSSR count). The van der Waals surface area contributed by atoms with E-state index in [0.717, 1.165) is 12.1 Å². The summed E-state index contributed by atoms with van der Waals surface area (Å²) in [5, 5.41) is 4.62. The lowest BCUT2D eigenvalue weighted by Gasteiger charge is -2.08. The van der Waals surface area contributed by atoms with Crippen molar-refractivity contribution in [1.29, 1.82) is 0 Å². The van der Waals surface area contributed by atoms with Crippen molar-refractivity contribution in [3.05, 3.63) is 35.4 Å². The maximum atomic E-state index is 12.3. The second-order valence-corrected chi connectivity index (χ2v) is 3.47. The fourth-order valence-electron chi connectivity index (χ4n) is 1.21. The largest absolute Gasteiger partial charge is 0.416 e. The van der Waals surface area contributed by atoms with Crippen LogP contribution in [-0.2, 0) is 22.3 Å². The molecule has 0 aliphatic heterocycles. The predicted octanol–water partition coefficient (Wildman–Crippen LogP) is 1.07. The van der Waals surface area contributed by atoms with Gasteiger partial charge in [0.2, 0.25) is 12.3 Å². The first-order chi connectivity index (χ1) is 8.43. The van der Waals surface area contributed by atoms with Gasteiger partial charge in [-0.25, -0.2) is 0 Å². The highest BCUT2D eigenvalue weighted by Crippen LogP contribution is 2.28. The van der Waals surface area contributed by atoms with Gasteiger partial charge in [0.15, 0.2) is 0 Å². The van der Waals surface area contributed by atoms with Crippen molar-refractivity contribution < 1.29 is 22.8 Å². The number of hydrogen-bond acceptors (Lipinski definition) is 2. The van der Waals surface area contributed by atoms with E-state index >= 15 is 0 Å². The Kier molecular flexibility index (Phi) is 4.70. The Hall–Kier alpha value is -2.05. The first kappa shape index (κ1) is 14.0. The number of alkyl halides is 3. The minimum Gasteiger partial charge on any atom is -0.350 e. The van der Waals surface area contributed by atoms with Crippen molar-refractivity contribution in [2.45, 2.75) is 12.7 Å². The molecule has 0 atom stereocenters. The molecule has 7 heteroatoms. The average molecular weight is 260 g/mol. The normalized spacial score (nSPS) is 10.8. The monoisotopic (exact) mass is 260 g/mol. The highest BCUT2D eigenvalue weighted by Gasteiger charge is 2.29. The van der Waals surface area contributed by atoms with Crippen molar-refractivity contribution in [3.63, 3.8) is 0 Å². The van der Waals surface area contributed by atoms with Crippen LogP contribution in [0.1, 0.15) is 11.1 Å². The van der Waals surface area contributed by atoms with Gasteiger partial charge in [-0.15, -0.1) is 0 Å². The summed E-state index contributed by atoms with van der Waals surface area (Å²) in [5.41, 5.74) is -0.192. The van der Waals surface area contributed by atoms with Gasteiger partial charge >= 0.3 is 6.18 Å². The fourth-order valence-corrected chi connectivity index (χ4v) is 1.21. The first-order valence-corrected chi connectivity index (χ1v) is 5.03. The molecule has 0 aromatic heterocycles. The van der Waals surface area contributed by atoms with Gasteiger partial charge < -0.3 is 10.6 Å². The zero-order valence-corrected chi connectivity index (χ0v) is 9.25. The maximum absolute atomic E-state index is 12.3. The third kappa shape index (κ3) is 4.44. The maximum Gasteiger partial charge on any atom is 0.416 e. The molecular formula is C11H11F3N2O2. The molecule has 0 aliphatic rings. The van der Waals surface area contributed by atoms with Crippen LogP contribution in [0, 0.1) is 0 Å². The molecule has 2 amide bonds. The number of carbonyl (C=O) groups excluding carboxylic acids is 2. The Balaban J connectivity index is 2.49. The molecule has 4 nitrogen and oxygen atoms in total. The van der Waals surface area contributed by atoms with E-state index in [1.54, 1.807) is 0 Å². The van der Waals surface area contributed by atoms with Crippen LogP contribution in [0.15, 0.2) is 24.3 Å². The quantitative estimate of drug-likeness (QED) is 0.778. The van der Waals surface area contributed by atoms with Crippen LogP contribution in [0.5, 0.6) is 0 Å². The lowest BCUT2D eigenvalue weighted by Crippen LogP contribution is -2.32. The molecule has 0 saturated heterocycles. The molecule has 0 unspecified atom stereocenters. The number of halogens is 3. The van der Waals surface area contributed by atoms with E-state index in [4.69, 9.17) is 0 Å². The molecule has 1 aromatic rings. The lowest BCUT2D eigenvalue weighted by molar-refractivity contribution is -0.137. The number of hydrogen-bond donors (Lipinski definition) is 2. The fraction of sp³-hybridized carbons (Fsp3) is 0.273. The van der Waals surface area contributed by atoms with Crippen molar-refractivity contribution in [2.75, 3.05) is 6.54 Å². The van der Waals surface area contributed by atoms with Gasteiger partial charge in [0.05, 0.1) is 12.1 Å². The van der Waals surface area contributed by atoms with Crippen molar-refractivity contribution in [3.8, 4) is 0 Å². The standard InChI is InChI=1S/C11H11F3N2O2/c12-11(13,14)9-3-1-8(2-4-9)5-16-10(18)6-15-7-17/h1-4,7H,5-6H2,(H,15,17)(H,16,18). The Bertz CT molecular complexity index is 415. The van der Waals surface area contributed by atoms with E-state index in [0.29, 0.717) is 12.0 Å². The molecule has 1 aromatic carbocycles. The number of nitrogens with one attached hydrogen (secondary N) is 2. The minimum atomic E-state index is -4.37. The lowest BCUT2D eigenvalue weighted by atomic mass is 10.1. The minimum absolute atomic E-state index is 0.109. The van der Waals surface area contributed by atoms with E-state index in [1.165, 1.54) is 12.1 Å². The van der Waals surface area contributed by atoms with Gasteiger partial charge in [0.25, 0.3) is 0 Å². The van der Waals surface area contributed by atoms with Crippen LogP contribution in [0.25, 0.3) is 0 Å². The van der Waals surface area contributed by atoms with E-state index in [2.05, 4.69) is 10.6 Å². The number of amides is 2. The van der Waals surface area contributed by atoms with Gasteiger partial charge in [0, 0.05) is 6.54 Å². The van der Waals surface area contributed by atoms with E-state index < -0.39 is 17.6 Å². The SMILES string of the molecule is O=CNCC(=O)NCc1ccc(C(F)(F)F)cc1. The predicted molar refractivity (Wildman–Crippen MR) is 57.4 cm³/mol. The van der Waals surface area contributed by atoms with Gasteiger partial charge in [-0.1, -0.05) is 12.1 Å². The van der Waals surface area contributed by atoms with Crippen LogP contribution in [0.2, 0.25) is 0 Å². The Morgan fingerprint density at radius 2 is 1.83 bits per heavy atom. The van der Waals surface area contributed by atoms with Crippen molar-refractivity contribution >= 4 is 12.3 Å². The molecule has 0 spiro atoms. The zero-order valence-electron chi connectivity index (χ0n) is 9.25. The van der Waals surface area contributed by atoms with Crippen LogP contribution in [-0.4, -0.2) is 18.9 Å². The second-order valence-electron chi connectivity index (χ2n) is 3.47. The van der Waals surface area contributed by atoms with Gasteiger partial charge in [-0.05, 0) is 17.7 Å². The molecule has 2 N–H and O–H groups in total. The molecule has 18 heavy (non-hydrogen) atoms. The summed E-state index contributed by atoms with van der Waals surface area (Å²) in [6.45, 7) is -0.0539. The summed E-state index contributed by atoms with van der Waals surface area (Å²) in [5.74, 6) is -0.415. The average Bonchev–Trinajstić information content (AvgIpc) is 2.33. The molecule has 0 fully saturated rings. The van der Waals surface area contributed by atoms with Crippen molar-refractivity contribution in [1.82, 2.24) is 10.6 Å². The Morgan fingerprint density at radius 3 is 2.33 bits per heavy atom. The summed E-state index contributed by atoms with van der Waals surface area (Å²) < 4.78 is 36.8. The summed E-state index contributed by atoms with van der Waals surface area (Å²) in [6.07, 6.45) is -3.98. The molecule has 0 radical (unpaired) electrons. The highest BCUT2D eigenvalue weighted by atomic mass is 19.4. The van der Waals surface area contributed by atoms with Crippen LogP contribution in [0.4, 0.5) is 13.2 Å². The third-order valence-corrected chi connectivity index (χ3v) is 2.12. The van der Waals surface area contributed by atoms with Gasteiger partial charge in [-0.2, -0.15) is 13.2 Å². The summed E-state index contributed by atoms with van der Waals surface area (Å²) in [6, 6.07) is 4.48. The third-order valence-electron chi connectivity index (χ3n) is 2.12. The molecule has 0 aliphatic carbocycles.